The van der Waals surface area contributed by atoms with Crippen LogP contribution in [-0.2, 0) is 0 Å². The van der Waals surface area contributed by atoms with Crippen LogP contribution in [0.5, 0.6) is 0 Å². The van der Waals surface area contributed by atoms with Gasteiger partial charge in [0.25, 0.3) is 0 Å². The minimum Gasteiger partial charge on any atom is -0.0916 e. The Bertz CT molecular complexity index is 90.3. The van der Waals surface area contributed by atoms with E-state index in [0.717, 1.165) is 22.7 Å². The van der Waals surface area contributed by atoms with Crippen LogP contribution in [0.15, 0.2) is 11.1 Å². The Balaban J connectivity index is 3.16. The fraction of sp³-hybridized carbons (Fsp3) is 0.667. The number of allylic oxidation sites excluding steroid dienone is 1. The van der Waals surface area contributed by atoms with Gasteiger partial charge in [-0.2, -0.15) is 0 Å². The Morgan fingerprint density at radius 2 is 2.11 bits per heavy atom. The van der Waals surface area contributed by atoms with Crippen molar-refractivity contribution < 1.29 is 0 Å². The molecule has 0 heterocycles. The first kappa shape index (κ1) is 10.2. The van der Waals surface area contributed by atoms with Crippen LogP contribution < -0.4 is 0 Å². The summed E-state index contributed by atoms with van der Waals surface area (Å²) in [6, 6.07) is 0. The molecule has 0 rings (SSSR count). The van der Waals surface area contributed by atoms with Crippen molar-refractivity contribution in [3.8, 4) is 0 Å². The molecule has 0 aliphatic carbocycles. The third-order valence-electron chi connectivity index (χ3n) is 0.896. The van der Waals surface area contributed by atoms with Gasteiger partial charge in [-0.15, -0.1) is 0 Å². The minimum atomic E-state index is 0.576. The van der Waals surface area contributed by atoms with Crippen LogP contribution in [0, 0.1) is 0 Å². The lowest BCUT2D eigenvalue weighted by molar-refractivity contribution is 0.851. The monoisotopic (exact) mass is 318 g/mol. The van der Waals surface area contributed by atoms with Gasteiger partial charge >= 0.3 is 0 Å². The summed E-state index contributed by atoms with van der Waals surface area (Å²) in [4.78, 5) is 0.576. The van der Waals surface area contributed by atoms with E-state index in [-0.39, 0.29) is 0 Å². The number of hydrogen-bond acceptors (Lipinski definition) is 0. The van der Waals surface area contributed by atoms with Gasteiger partial charge in [0.15, 0.2) is 0 Å². The molecule has 3 heteroatoms. The molecule has 0 fully saturated rings. The van der Waals surface area contributed by atoms with E-state index in [0.29, 0.717) is 4.83 Å². The van der Waals surface area contributed by atoms with Crippen LogP contribution >= 0.6 is 47.8 Å². The van der Waals surface area contributed by atoms with E-state index in [4.69, 9.17) is 0 Å². The first-order chi connectivity index (χ1) is 4.16. The summed E-state index contributed by atoms with van der Waals surface area (Å²) in [6.07, 6.45) is 2.18. The molecule has 0 N–H and O–H groups in total. The maximum absolute atomic E-state index is 3.74. The zero-order chi connectivity index (χ0) is 7.28. The second-order valence-electron chi connectivity index (χ2n) is 1.81. The largest absolute Gasteiger partial charge is 0.0916 e. The minimum absolute atomic E-state index is 0.576. The smallest absolute Gasteiger partial charge is 0.0246 e. The van der Waals surface area contributed by atoms with Gasteiger partial charge in [0, 0.05) is 10.2 Å². The Morgan fingerprint density at radius 1 is 1.56 bits per heavy atom. The van der Waals surface area contributed by atoms with Gasteiger partial charge in [-0.05, 0) is 17.3 Å². The molecule has 0 radical (unpaired) electrons. The van der Waals surface area contributed by atoms with Crippen LogP contribution in [0.25, 0.3) is 0 Å². The molecule has 0 unspecified atom stereocenters. The molecule has 0 spiro atoms. The zero-order valence-electron chi connectivity index (χ0n) is 5.04. The van der Waals surface area contributed by atoms with E-state index in [1.807, 2.05) is 0 Å². The van der Waals surface area contributed by atoms with Crippen LogP contribution in [0.3, 0.4) is 0 Å². The van der Waals surface area contributed by atoms with Crippen LogP contribution in [0.4, 0.5) is 0 Å². The summed E-state index contributed by atoms with van der Waals surface area (Å²) in [5.41, 5.74) is 0. The van der Waals surface area contributed by atoms with Gasteiger partial charge in [0.1, 0.15) is 0 Å². The quantitative estimate of drug-likeness (QED) is 0.691. The lowest BCUT2D eigenvalue weighted by Gasteiger charge is -2.02. The third kappa shape index (κ3) is 7.07. The van der Waals surface area contributed by atoms with Gasteiger partial charge in [0.2, 0.25) is 0 Å². The average molecular weight is 321 g/mol. The highest BCUT2D eigenvalue weighted by Gasteiger charge is 2.00. The second kappa shape index (κ2) is 5.93. The van der Waals surface area contributed by atoms with Crippen molar-refractivity contribution in [2.24, 2.45) is 0 Å². The van der Waals surface area contributed by atoms with E-state index in [1.54, 1.807) is 0 Å². The molecule has 0 aromatic rings. The third-order valence-corrected chi connectivity index (χ3v) is 3.72. The molecular weight excluding hydrogens is 312 g/mol. The van der Waals surface area contributed by atoms with Crippen molar-refractivity contribution in [1.82, 2.24) is 0 Å². The summed E-state index contributed by atoms with van der Waals surface area (Å²) in [6.45, 7) is 3.74. The zero-order valence-corrected chi connectivity index (χ0v) is 9.80. The molecule has 0 aromatic carbocycles. The Labute approximate surface area is 81.5 Å². The highest BCUT2D eigenvalue weighted by molar-refractivity contribution is 9.12. The van der Waals surface area contributed by atoms with Crippen molar-refractivity contribution in [2.75, 3.05) is 5.33 Å². The van der Waals surface area contributed by atoms with Gasteiger partial charge in [-0.1, -0.05) is 54.4 Å². The number of alkyl halides is 2. The Morgan fingerprint density at radius 3 is 2.44 bits per heavy atom. The molecule has 0 saturated carbocycles. The molecule has 9 heavy (non-hydrogen) atoms. The Kier molecular flexibility index (Phi) is 6.70. The standard InChI is InChI=1S/C6H9Br3/c1-5(8)2-3-6(9)4-7/h6H,1-4H2/t6-/m0/s1. The lowest BCUT2D eigenvalue weighted by atomic mass is 10.2. The molecule has 0 amide bonds. The molecular formula is C6H9Br3. The van der Waals surface area contributed by atoms with E-state index in [1.165, 1.54) is 0 Å². The molecule has 1 atom stereocenters. The number of halogens is 3. The average Bonchev–Trinajstić information content (AvgIpc) is 1.83. The van der Waals surface area contributed by atoms with Gasteiger partial charge < -0.3 is 0 Å². The summed E-state index contributed by atoms with van der Waals surface area (Å²) >= 11 is 10.2. The highest BCUT2D eigenvalue weighted by atomic mass is 79.9. The fourth-order valence-electron chi connectivity index (χ4n) is 0.390. The SMILES string of the molecule is C=C(Br)CC[C@H](Br)CBr. The predicted octanol–water partition coefficient (Wildman–Crippen LogP) is 3.83. The molecule has 0 nitrogen and oxygen atoms in total. The summed E-state index contributed by atoms with van der Waals surface area (Å²) in [5, 5.41) is 1.01. The van der Waals surface area contributed by atoms with Gasteiger partial charge in [0.05, 0.1) is 0 Å². The van der Waals surface area contributed by atoms with Crippen LogP contribution in [0.1, 0.15) is 12.8 Å². The van der Waals surface area contributed by atoms with Crippen molar-refractivity contribution in [2.45, 2.75) is 17.7 Å². The molecule has 0 aliphatic rings. The molecule has 0 aromatic heterocycles. The van der Waals surface area contributed by atoms with Crippen molar-refractivity contribution in [3.63, 3.8) is 0 Å². The van der Waals surface area contributed by atoms with E-state index < -0.39 is 0 Å². The predicted molar refractivity (Wildman–Crippen MR) is 53.8 cm³/mol. The first-order valence-corrected chi connectivity index (χ1v) is 5.53. The summed E-state index contributed by atoms with van der Waals surface area (Å²) in [7, 11) is 0. The van der Waals surface area contributed by atoms with Gasteiger partial charge in [-0.25, -0.2) is 0 Å². The number of rotatable bonds is 4. The molecule has 0 aliphatic heterocycles. The van der Waals surface area contributed by atoms with E-state index >= 15 is 0 Å². The molecule has 54 valence electrons. The van der Waals surface area contributed by atoms with E-state index in [9.17, 15) is 0 Å². The van der Waals surface area contributed by atoms with Crippen molar-refractivity contribution in [1.29, 1.82) is 0 Å². The molecule has 0 bridgehead atoms. The molecule has 0 saturated heterocycles. The van der Waals surface area contributed by atoms with Gasteiger partial charge in [-0.3, -0.25) is 0 Å². The van der Waals surface area contributed by atoms with Crippen LogP contribution in [0.2, 0.25) is 0 Å². The summed E-state index contributed by atoms with van der Waals surface area (Å²) in [5.74, 6) is 0. The van der Waals surface area contributed by atoms with Crippen LogP contribution in [-0.4, -0.2) is 10.2 Å². The van der Waals surface area contributed by atoms with E-state index in [2.05, 4.69) is 54.4 Å². The lowest BCUT2D eigenvalue weighted by Crippen LogP contribution is -1.97. The topological polar surface area (TPSA) is 0 Å². The summed E-state index contributed by atoms with van der Waals surface area (Å²) < 4.78 is 1.08. The second-order valence-corrected chi connectivity index (χ2v) is 4.87. The highest BCUT2D eigenvalue weighted by Crippen LogP contribution is 2.16. The maximum Gasteiger partial charge on any atom is 0.0246 e. The maximum atomic E-state index is 3.74. The fourth-order valence-corrected chi connectivity index (χ4v) is 1.17. The van der Waals surface area contributed by atoms with Crippen molar-refractivity contribution in [3.05, 3.63) is 11.1 Å². The first-order valence-electron chi connectivity index (χ1n) is 2.70. The Hall–Kier alpha value is 1.18. The van der Waals surface area contributed by atoms with Crippen molar-refractivity contribution >= 4 is 47.8 Å². The number of hydrogen-bond donors (Lipinski definition) is 0. The normalized spacial score (nSPS) is 13.2.